The Labute approximate surface area is 138 Å². The first-order valence-corrected chi connectivity index (χ1v) is 8.41. The van der Waals surface area contributed by atoms with Gasteiger partial charge in [0.1, 0.15) is 0 Å². The van der Waals surface area contributed by atoms with Gasteiger partial charge in [-0.25, -0.2) is 4.79 Å². The first-order valence-electron chi connectivity index (χ1n) is 8.41. The molecule has 1 aromatic rings. The molecule has 0 aromatic heterocycles. The minimum absolute atomic E-state index is 0.349. The van der Waals surface area contributed by atoms with E-state index in [2.05, 4.69) is 16.7 Å². The molecule has 23 heavy (non-hydrogen) atoms. The molecule has 0 bridgehead atoms. The number of carboxylic acid groups (broad SMARTS) is 1. The van der Waals surface area contributed by atoms with E-state index < -0.39 is 5.97 Å². The number of methoxy groups -OCH3 is 1. The molecular weight excluding hydrogens is 292 g/mol. The van der Waals surface area contributed by atoms with Crippen LogP contribution in [0.2, 0.25) is 0 Å². The van der Waals surface area contributed by atoms with Gasteiger partial charge in [0, 0.05) is 45.9 Å². The molecule has 1 saturated heterocycles. The van der Waals surface area contributed by atoms with Crippen LogP contribution < -0.4 is 0 Å². The fourth-order valence-corrected chi connectivity index (χ4v) is 3.22. The van der Waals surface area contributed by atoms with E-state index in [9.17, 15) is 4.79 Å². The predicted octanol–water partition coefficient (Wildman–Crippen LogP) is 2.32. The second-order valence-electron chi connectivity index (χ2n) is 6.21. The van der Waals surface area contributed by atoms with E-state index in [-0.39, 0.29) is 0 Å². The lowest BCUT2D eigenvalue weighted by molar-refractivity contribution is 0.0442. The van der Waals surface area contributed by atoms with Crippen molar-refractivity contribution in [1.82, 2.24) is 9.80 Å². The first-order chi connectivity index (χ1) is 11.1. The van der Waals surface area contributed by atoms with Crippen LogP contribution in [0.3, 0.4) is 0 Å². The summed E-state index contributed by atoms with van der Waals surface area (Å²) in [4.78, 5) is 15.9. The Bertz CT molecular complexity index is 490. The van der Waals surface area contributed by atoms with Gasteiger partial charge in [-0.2, -0.15) is 0 Å². The number of hydrogen-bond acceptors (Lipinski definition) is 4. The van der Waals surface area contributed by atoms with Crippen molar-refractivity contribution >= 4 is 5.97 Å². The lowest BCUT2D eigenvalue weighted by Crippen LogP contribution is -2.53. The number of piperazine rings is 1. The number of nitrogens with zero attached hydrogens (tertiary/aromatic N) is 2. The number of carbonyl (C=O) groups is 1. The summed E-state index contributed by atoms with van der Waals surface area (Å²) in [5.74, 6) is -0.869. The Morgan fingerprint density at radius 2 is 2.04 bits per heavy atom. The predicted molar refractivity (Wildman–Crippen MR) is 90.8 cm³/mol. The quantitative estimate of drug-likeness (QED) is 0.796. The van der Waals surface area contributed by atoms with Gasteiger partial charge in [0.05, 0.1) is 12.2 Å². The highest BCUT2D eigenvalue weighted by Gasteiger charge is 2.25. The van der Waals surface area contributed by atoms with Crippen molar-refractivity contribution in [1.29, 1.82) is 0 Å². The van der Waals surface area contributed by atoms with E-state index in [4.69, 9.17) is 9.84 Å². The number of hydrogen-bond donors (Lipinski definition) is 1. The molecule has 128 valence electrons. The maximum absolute atomic E-state index is 10.9. The number of rotatable bonds is 8. The van der Waals surface area contributed by atoms with Gasteiger partial charge in [-0.3, -0.25) is 9.80 Å². The van der Waals surface area contributed by atoms with Crippen LogP contribution in [0.5, 0.6) is 0 Å². The zero-order valence-electron chi connectivity index (χ0n) is 14.2. The minimum atomic E-state index is -0.869. The van der Waals surface area contributed by atoms with Crippen molar-refractivity contribution in [3.63, 3.8) is 0 Å². The molecule has 5 heteroatoms. The number of carboxylic acids is 1. The maximum atomic E-state index is 10.9. The smallest absolute Gasteiger partial charge is 0.335 e. The van der Waals surface area contributed by atoms with E-state index in [1.165, 1.54) is 18.4 Å². The van der Waals surface area contributed by atoms with Gasteiger partial charge in [-0.05, 0) is 24.1 Å². The summed E-state index contributed by atoms with van der Waals surface area (Å²) in [5.41, 5.74) is 1.53. The van der Waals surface area contributed by atoms with Crippen molar-refractivity contribution in [2.75, 3.05) is 39.9 Å². The van der Waals surface area contributed by atoms with E-state index in [0.717, 1.165) is 39.3 Å². The average Bonchev–Trinajstić information content (AvgIpc) is 2.55. The standard InChI is InChI=1S/C18H28N2O3/c1-3-4-17-14-19(9-10-20(17)11-12-23-2)13-15-5-7-16(8-6-15)18(21)22/h5-8,17H,3-4,9-14H2,1-2H3,(H,21,22). The van der Waals surface area contributed by atoms with Gasteiger partial charge in [0.25, 0.3) is 0 Å². The summed E-state index contributed by atoms with van der Waals surface area (Å²) in [5, 5.41) is 8.96. The summed E-state index contributed by atoms with van der Waals surface area (Å²) >= 11 is 0. The van der Waals surface area contributed by atoms with Crippen LogP contribution in [-0.4, -0.2) is 66.8 Å². The van der Waals surface area contributed by atoms with Gasteiger partial charge >= 0.3 is 5.97 Å². The van der Waals surface area contributed by atoms with Gasteiger partial charge in [0.2, 0.25) is 0 Å². The Balaban J connectivity index is 1.92. The van der Waals surface area contributed by atoms with Crippen LogP contribution in [0.15, 0.2) is 24.3 Å². The van der Waals surface area contributed by atoms with Crippen molar-refractivity contribution in [2.24, 2.45) is 0 Å². The first kappa shape index (κ1) is 17.9. The second-order valence-corrected chi connectivity index (χ2v) is 6.21. The molecule has 1 unspecified atom stereocenters. The molecule has 1 fully saturated rings. The van der Waals surface area contributed by atoms with Crippen molar-refractivity contribution in [3.8, 4) is 0 Å². The summed E-state index contributed by atoms with van der Waals surface area (Å²) in [6.45, 7) is 8.10. The Hall–Kier alpha value is -1.43. The summed E-state index contributed by atoms with van der Waals surface area (Å²) in [6, 6.07) is 7.82. The number of ether oxygens (including phenoxy) is 1. The normalized spacial score (nSPS) is 19.8. The minimum Gasteiger partial charge on any atom is -0.478 e. The van der Waals surface area contributed by atoms with Crippen LogP contribution in [0.4, 0.5) is 0 Å². The third-order valence-corrected chi connectivity index (χ3v) is 4.50. The van der Waals surface area contributed by atoms with Crippen LogP contribution in [0.25, 0.3) is 0 Å². The van der Waals surface area contributed by atoms with Crippen molar-refractivity contribution < 1.29 is 14.6 Å². The van der Waals surface area contributed by atoms with Gasteiger partial charge in [-0.1, -0.05) is 25.5 Å². The fourth-order valence-electron chi connectivity index (χ4n) is 3.22. The number of benzene rings is 1. The lowest BCUT2D eigenvalue weighted by atomic mass is 10.1. The lowest BCUT2D eigenvalue weighted by Gasteiger charge is -2.41. The third-order valence-electron chi connectivity index (χ3n) is 4.50. The SMILES string of the molecule is CCCC1CN(Cc2ccc(C(=O)O)cc2)CCN1CCOC. The van der Waals surface area contributed by atoms with Gasteiger partial charge in [-0.15, -0.1) is 0 Å². The largest absolute Gasteiger partial charge is 0.478 e. The Kier molecular flexibility index (Phi) is 7.02. The van der Waals surface area contributed by atoms with Crippen LogP contribution in [-0.2, 0) is 11.3 Å². The van der Waals surface area contributed by atoms with Crippen LogP contribution >= 0.6 is 0 Å². The Morgan fingerprint density at radius 1 is 1.30 bits per heavy atom. The molecule has 2 rings (SSSR count). The molecule has 1 aliphatic heterocycles. The molecule has 0 spiro atoms. The molecule has 1 N–H and O–H groups in total. The molecule has 0 radical (unpaired) electrons. The summed E-state index contributed by atoms with van der Waals surface area (Å²) in [6.07, 6.45) is 2.40. The molecule has 5 nitrogen and oxygen atoms in total. The maximum Gasteiger partial charge on any atom is 0.335 e. The number of aromatic carboxylic acids is 1. The average molecular weight is 320 g/mol. The van der Waals surface area contributed by atoms with E-state index in [1.807, 2.05) is 12.1 Å². The van der Waals surface area contributed by atoms with Crippen molar-refractivity contribution in [2.45, 2.75) is 32.4 Å². The van der Waals surface area contributed by atoms with Crippen LogP contribution in [0, 0.1) is 0 Å². The second kappa shape index (κ2) is 9.01. The monoisotopic (exact) mass is 320 g/mol. The van der Waals surface area contributed by atoms with Crippen LogP contribution in [0.1, 0.15) is 35.7 Å². The molecule has 0 aliphatic carbocycles. The molecule has 1 atom stereocenters. The molecular formula is C18H28N2O3. The van der Waals surface area contributed by atoms with E-state index >= 15 is 0 Å². The molecule has 1 aromatic carbocycles. The van der Waals surface area contributed by atoms with Gasteiger partial charge in [0.15, 0.2) is 0 Å². The highest BCUT2D eigenvalue weighted by Crippen LogP contribution is 2.17. The highest BCUT2D eigenvalue weighted by molar-refractivity contribution is 5.87. The highest BCUT2D eigenvalue weighted by atomic mass is 16.5. The van der Waals surface area contributed by atoms with Crippen molar-refractivity contribution in [3.05, 3.63) is 35.4 Å². The molecule has 1 heterocycles. The van der Waals surface area contributed by atoms with E-state index in [1.54, 1.807) is 19.2 Å². The topological polar surface area (TPSA) is 53.0 Å². The fraction of sp³-hybridized carbons (Fsp3) is 0.611. The summed E-state index contributed by atoms with van der Waals surface area (Å²) < 4.78 is 5.22. The Morgan fingerprint density at radius 3 is 2.65 bits per heavy atom. The van der Waals surface area contributed by atoms with Gasteiger partial charge < -0.3 is 9.84 Å². The molecule has 0 saturated carbocycles. The summed E-state index contributed by atoms with van der Waals surface area (Å²) in [7, 11) is 1.76. The molecule has 1 aliphatic rings. The third kappa shape index (κ3) is 5.30. The zero-order chi connectivity index (χ0) is 16.7. The molecule has 0 amide bonds. The zero-order valence-corrected chi connectivity index (χ0v) is 14.2. The van der Waals surface area contributed by atoms with E-state index in [0.29, 0.717) is 11.6 Å².